The van der Waals surface area contributed by atoms with Crippen LogP contribution in [-0.4, -0.2) is 29.5 Å². The number of carboxylic acids is 1. The van der Waals surface area contributed by atoms with Crippen molar-refractivity contribution in [2.75, 3.05) is 11.9 Å². The molecule has 0 spiro atoms. The second-order valence-corrected chi connectivity index (χ2v) is 2.98. The second kappa shape index (κ2) is 4.39. The largest absolute Gasteiger partial charge is 0.477 e. The third-order valence-electron chi connectivity index (χ3n) is 1.97. The van der Waals surface area contributed by atoms with E-state index in [0.29, 0.717) is 6.41 Å². The zero-order chi connectivity index (χ0) is 12.3. The highest BCUT2D eigenvalue weighted by molar-refractivity contribution is 5.94. The van der Waals surface area contributed by atoms with Gasteiger partial charge in [0.15, 0.2) is 0 Å². The summed E-state index contributed by atoms with van der Waals surface area (Å²) in [6.45, 7) is 0. The molecule has 7 nitrogen and oxygen atoms in total. The number of amides is 1. The lowest BCUT2D eigenvalue weighted by Crippen LogP contribution is -2.14. The third kappa shape index (κ3) is 2.14. The summed E-state index contributed by atoms with van der Waals surface area (Å²) in [6.07, 6.45) is 0.479. The van der Waals surface area contributed by atoms with Crippen molar-refractivity contribution in [3.05, 3.63) is 33.9 Å². The number of hydrogen-bond donors (Lipinski definition) is 1. The van der Waals surface area contributed by atoms with Crippen LogP contribution >= 0.6 is 0 Å². The molecule has 0 atom stereocenters. The molecular weight excluding hydrogens is 216 g/mol. The van der Waals surface area contributed by atoms with Gasteiger partial charge in [0, 0.05) is 18.8 Å². The Labute approximate surface area is 90.1 Å². The van der Waals surface area contributed by atoms with Crippen LogP contribution in [-0.2, 0) is 4.79 Å². The summed E-state index contributed by atoms with van der Waals surface area (Å²) in [5.41, 5.74) is -0.676. The number of aromatic carboxylic acids is 1. The summed E-state index contributed by atoms with van der Waals surface area (Å²) < 4.78 is 0. The van der Waals surface area contributed by atoms with Gasteiger partial charge in [-0.15, -0.1) is 0 Å². The maximum Gasteiger partial charge on any atom is 0.342 e. The van der Waals surface area contributed by atoms with Crippen molar-refractivity contribution in [2.45, 2.75) is 0 Å². The number of nitro groups is 1. The monoisotopic (exact) mass is 224 g/mol. The number of carbonyl (C=O) groups excluding carboxylic acids is 1. The van der Waals surface area contributed by atoms with Crippen molar-refractivity contribution < 1.29 is 19.6 Å². The Morgan fingerprint density at radius 2 is 2.19 bits per heavy atom. The van der Waals surface area contributed by atoms with Gasteiger partial charge in [-0.3, -0.25) is 14.9 Å². The van der Waals surface area contributed by atoms with E-state index in [-0.39, 0.29) is 5.69 Å². The minimum absolute atomic E-state index is 0.276. The molecule has 1 N–H and O–H groups in total. The van der Waals surface area contributed by atoms with E-state index in [2.05, 4.69) is 0 Å². The lowest BCUT2D eigenvalue weighted by atomic mass is 10.1. The van der Waals surface area contributed by atoms with Gasteiger partial charge in [0.05, 0.1) is 4.92 Å². The minimum Gasteiger partial charge on any atom is -0.477 e. The zero-order valence-electron chi connectivity index (χ0n) is 8.28. The molecule has 7 heteroatoms. The van der Waals surface area contributed by atoms with E-state index in [1.54, 1.807) is 0 Å². The number of benzene rings is 1. The van der Waals surface area contributed by atoms with Crippen LogP contribution < -0.4 is 4.90 Å². The van der Waals surface area contributed by atoms with Gasteiger partial charge in [-0.2, -0.15) is 0 Å². The molecule has 1 amide bonds. The normalized spacial score (nSPS) is 9.56. The van der Waals surface area contributed by atoms with Crippen molar-refractivity contribution in [1.82, 2.24) is 0 Å². The molecule has 1 aromatic carbocycles. The Morgan fingerprint density at radius 1 is 1.56 bits per heavy atom. The summed E-state index contributed by atoms with van der Waals surface area (Å²) >= 11 is 0. The van der Waals surface area contributed by atoms with Gasteiger partial charge in [-0.05, 0) is 12.1 Å². The van der Waals surface area contributed by atoms with Gasteiger partial charge in [0.25, 0.3) is 5.69 Å². The average Bonchev–Trinajstić information content (AvgIpc) is 2.26. The van der Waals surface area contributed by atoms with Crippen molar-refractivity contribution in [3.8, 4) is 0 Å². The Bertz CT molecular complexity index is 457. The van der Waals surface area contributed by atoms with Gasteiger partial charge in [-0.1, -0.05) is 0 Å². The van der Waals surface area contributed by atoms with Gasteiger partial charge >= 0.3 is 5.97 Å². The molecular formula is C9H8N2O5. The van der Waals surface area contributed by atoms with E-state index in [1.165, 1.54) is 13.1 Å². The van der Waals surface area contributed by atoms with Crippen molar-refractivity contribution >= 4 is 23.8 Å². The highest BCUT2D eigenvalue weighted by atomic mass is 16.6. The van der Waals surface area contributed by atoms with Crippen LogP contribution in [0.15, 0.2) is 18.2 Å². The molecule has 0 radical (unpaired) electrons. The highest BCUT2D eigenvalue weighted by Gasteiger charge is 2.20. The number of carbonyl (C=O) groups is 2. The van der Waals surface area contributed by atoms with Crippen LogP contribution in [0.25, 0.3) is 0 Å². The number of hydrogen-bond acceptors (Lipinski definition) is 4. The maximum absolute atomic E-state index is 10.8. The molecule has 0 heterocycles. The lowest BCUT2D eigenvalue weighted by molar-refractivity contribution is -0.385. The van der Waals surface area contributed by atoms with Crippen LogP contribution in [0.1, 0.15) is 10.4 Å². The summed E-state index contributed by atoms with van der Waals surface area (Å²) in [6, 6.07) is 3.44. The third-order valence-corrected chi connectivity index (χ3v) is 1.97. The first kappa shape index (κ1) is 11.6. The van der Waals surface area contributed by atoms with Crippen LogP contribution in [0.4, 0.5) is 11.4 Å². The summed E-state index contributed by atoms with van der Waals surface area (Å²) in [5.74, 6) is -1.41. The van der Waals surface area contributed by atoms with Crippen molar-refractivity contribution in [2.24, 2.45) is 0 Å². The van der Waals surface area contributed by atoms with E-state index in [9.17, 15) is 19.7 Å². The average molecular weight is 224 g/mol. The predicted molar refractivity (Wildman–Crippen MR) is 54.5 cm³/mol. The van der Waals surface area contributed by atoms with Gasteiger partial charge < -0.3 is 10.0 Å². The smallest absolute Gasteiger partial charge is 0.342 e. The Hall–Kier alpha value is -2.44. The lowest BCUT2D eigenvalue weighted by Gasteiger charge is -2.10. The Kier molecular flexibility index (Phi) is 3.19. The number of carboxylic acid groups (broad SMARTS) is 1. The topological polar surface area (TPSA) is 101 Å². The van der Waals surface area contributed by atoms with E-state index < -0.39 is 22.1 Å². The molecule has 0 unspecified atom stereocenters. The number of rotatable bonds is 4. The highest BCUT2D eigenvalue weighted by Crippen LogP contribution is 2.23. The fourth-order valence-corrected chi connectivity index (χ4v) is 1.13. The first-order chi connectivity index (χ1) is 7.47. The molecule has 0 saturated heterocycles. The molecule has 0 aliphatic carbocycles. The molecule has 0 saturated carbocycles. The molecule has 0 aromatic heterocycles. The fraction of sp³-hybridized carbons (Fsp3) is 0.111. The van der Waals surface area contributed by atoms with Gasteiger partial charge in [0.2, 0.25) is 6.41 Å². The first-order valence-corrected chi connectivity index (χ1v) is 4.17. The van der Waals surface area contributed by atoms with E-state index in [1.807, 2.05) is 0 Å². The van der Waals surface area contributed by atoms with Crippen LogP contribution in [0, 0.1) is 10.1 Å². The standard InChI is InChI=1S/C9H8N2O5/c1-10(5-12)6-2-3-8(11(15)16)7(4-6)9(13)14/h2-5H,1H3,(H,13,14). The number of anilines is 1. The number of nitro benzene ring substituents is 1. The van der Waals surface area contributed by atoms with Crippen LogP contribution in [0.2, 0.25) is 0 Å². The summed E-state index contributed by atoms with van der Waals surface area (Å²) in [7, 11) is 1.42. The summed E-state index contributed by atoms with van der Waals surface area (Å²) in [5, 5.41) is 19.3. The molecule has 0 aliphatic heterocycles. The summed E-state index contributed by atoms with van der Waals surface area (Å²) in [4.78, 5) is 32.1. The molecule has 0 fully saturated rings. The van der Waals surface area contributed by atoms with E-state index in [0.717, 1.165) is 17.0 Å². The molecule has 16 heavy (non-hydrogen) atoms. The number of nitrogens with zero attached hydrogens (tertiary/aromatic N) is 2. The Balaban J connectivity index is 3.33. The van der Waals surface area contributed by atoms with E-state index >= 15 is 0 Å². The molecule has 0 bridgehead atoms. The molecule has 84 valence electrons. The van der Waals surface area contributed by atoms with E-state index in [4.69, 9.17) is 5.11 Å². The van der Waals surface area contributed by atoms with Crippen molar-refractivity contribution in [1.29, 1.82) is 0 Å². The second-order valence-electron chi connectivity index (χ2n) is 2.98. The fourth-order valence-electron chi connectivity index (χ4n) is 1.13. The van der Waals surface area contributed by atoms with Gasteiger partial charge in [-0.25, -0.2) is 4.79 Å². The van der Waals surface area contributed by atoms with Crippen molar-refractivity contribution in [3.63, 3.8) is 0 Å². The first-order valence-electron chi connectivity index (χ1n) is 4.17. The van der Waals surface area contributed by atoms with Crippen LogP contribution in [0.5, 0.6) is 0 Å². The zero-order valence-corrected chi connectivity index (χ0v) is 8.28. The Morgan fingerprint density at radius 3 is 2.62 bits per heavy atom. The molecule has 0 aliphatic rings. The van der Waals surface area contributed by atoms with Crippen LogP contribution in [0.3, 0.4) is 0 Å². The minimum atomic E-state index is -1.41. The predicted octanol–water partition coefficient (Wildman–Crippen LogP) is 0.886. The molecule has 1 aromatic rings. The molecule has 1 rings (SSSR count). The quantitative estimate of drug-likeness (QED) is 0.464. The SMILES string of the molecule is CN(C=O)c1ccc([N+](=O)[O-])c(C(=O)O)c1. The van der Waals surface area contributed by atoms with Gasteiger partial charge in [0.1, 0.15) is 5.56 Å². The maximum atomic E-state index is 10.8.